The van der Waals surface area contributed by atoms with Crippen LogP contribution in [-0.4, -0.2) is 38.2 Å². The van der Waals surface area contributed by atoms with Crippen molar-refractivity contribution in [3.05, 3.63) is 54.1 Å². The molecule has 0 aliphatic carbocycles. The Balaban J connectivity index is 2.06. The minimum absolute atomic E-state index is 0.172. The summed E-state index contributed by atoms with van der Waals surface area (Å²) in [6.45, 7) is 4.58. The van der Waals surface area contributed by atoms with Crippen LogP contribution in [0.25, 0.3) is 0 Å². The fourth-order valence-electron chi connectivity index (χ4n) is 2.69. The number of hydrogen-bond donors (Lipinski definition) is 0. The van der Waals surface area contributed by atoms with Gasteiger partial charge in [-0.05, 0) is 43.7 Å². The Kier molecular flexibility index (Phi) is 9.19. The van der Waals surface area contributed by atoms with Crippen LogP contribution in [0.1, 0.15) is 37.0 Å². The van der Waals surface area contributed by atoms with Gasteiger partial charge in [0.1, 0.15) is 0 Å². The molecule has 0 aromatic heterocycles. The van der Waals surface area contributed by atoms with Gasteiger partial charge in [-0.25, -0.2) is 4.79 Å². The molecule has 0 bridgehead atoms. The minimum atomic E-state index is -0.639. The Morgan fingerprint density at radius 2 is 1.80 bits per heavy atom. The van der Waals surface area contributed by atoms with Crippen LogP contribution in [0, 0.1) is 11.3 Å². The van der Waals surface area contributed by atoms with Gasteiger partial charge in [-0.2, -0.15) is 5.26 Å². The van der Waals surface area contributed by atoms with E-state index < -0.39 is 18.5 Å². The molecule has 1 amide bonds. The highest BCUT2D eigenvalue weighted by molar-refractivity contribution is 5.97. The number of esters is 1. The van der Waals surface area contributed by atoms with Gasteiger partial charge in [0.2, 0.25) is 0 Å². The predicted octanol–water partition coefficient (Wildman–Crippen LogP) is 3.98. The highest BCUT2D eigenvalue weighted by Crippen LogP contribution is 2.29. The SMILES string of the molecule is CCCOc1ccc(C(=O)OCC(=O)N(CCC#N)c2ccccc2)cc1OCC. The molecule has 0 N–H and O–H groups in total. The third kappa shape index (κ3) is 6.52. The average Bonchev–Trinajstić information content (AvgIpc) is 2.77. The van der Waals surface area contributed by atoms with E-state index in [1.807, 2.05) is 26.0 Å². The molecule has 2 aromatic carbocycles. The standard InChI is InChI=1S/C23H26N2O5/c1-3-15-29-20-12-11-18(16-21(20)28-4-2)23(27)30-17-22(26)25(14-8-13-24)19-9-6-5-7-10-19/h5-7,9-12,16H,3-4,8,14-15,17H2,1-2H3. The lowest BCUT2D eigenvalue weighted by Crippen LogP contribution is -2.35. The summed E-state index contributed by atoms with van der Waals surface area (Å²) >= 11 is 0. The number of nitrogens with zero attached hydrogens (tertiary/aromatic N) is 2. The number of rotatable bonds is 11. The lowest BCUT2D eigenvalue weighted by atomic mass is 10.2. The zero-order valence-electron chi connectivity index (χ0n) is 17.3. The van der Waals surface area contributed by atoms with Crippen molar-refractivity contribution in [3.8, 4) is 17.6 Å². The van der Waals surface area contributed by atoms with Gasteiger partial charge >= 0.3 is 5.97 Å². The molecule has 7 heteroatoms. The van der Waals surface area contributed by atoms with Crippen LogP contribution in [0.15, 0.2) is 48.5 Å². The minimum Gasteiger partial charge on any atom is -0.490 e. The van der Waals surface area contributed by atoms with Crippen LogP contribution in [0.4, 0.5) is 5.69 Å². The molecule has 0 saturated heterocycles. The van der Waals surface area contributed by atoms with Crippen molar-refractivity contribution in [2.24, 2.45) is 0 Å². The number of benzene rings is 2. The van der Waals surface area contributed by atoms with Gasteiger partial charge in [0.25, 0.3) is 5.91 Å². The van der Waals surface area contributed by atoms with E-state index in [0.29, 0.717) is 30.4 Å². The second-order valence-electron chi connectivity index (χ2n) is 6.31. The van der Waals surface area contributed by atoms with Crippen LogP contribution in [0.3, 0.4) is 0 Å². The monoisotopic (exact) mass is 410 g/mol. The molecular weight excluding hydrogens is 384 g/mol. The number of para-hydroxylation sites is 1. The second kappa shape index (κ2) is 12.1. The molecule has 0 fully saturated rings. The van der Waals surface area contributed by atoms with E-state index in [2.05, 4.69) is 0 Å². The zero-order valence-corrected chi connectivity index (χ0v) is 17.3. The highest BCUT2D eigenvalue weighted by Gasteiger charge is 2.19. The van der Waals surface area contributed by atoms with Crippen molar-refractivity contribution in [1.82, 2.24) is 0 Å². The summed E-state index contributed by atoms with van der Waals surface area (Å²) in [5.74, 6) is -0.0397. The number of nitriles is 1. The van der Waals surface area contributed by atoms with Gasteiger partial charge in [-0.1, -0.05) is 25.1 Å². The van der Waals surface area contributed by atoms with Gasteiger partial charge in [-0.3, -0.25) is 4.79 Å². The van der Waals surface area contributed by atoms with Crippen LogP contribution < -0.4 is 14.4 Å². The molecule has 7 nitrogen and oxygen atoms in total. The first-order chi connectivity index (χ1) is 14.6. The predicted molar refractivity (Wildman–Crippen MR) is 113 cm³/mol. The van der Waals surface area contributed by atoms with Crippen molar-refractivity contribution in [3.63, 3.8) is 0 Å². The van der Waals surface area contributed by atoms with Crippen LogP contribution >= 0.6 is 0 Å². The average molecular weight is 410 g/mol. The molecule has 30 heavy (non-hydrogen) atoms. The summed E-state index contributed by atoms with van der Waals surface area (Å²) in [7, 11) is 0. The van der Waals surface area contributed by atoms with Crippen molar-refractivity contribution >= 4 is 17.6 Å². The van der Waals surface area contributed by atoms with Gasteiger partial charge in [0.15, 0.2) is 18.1 Å². The zero-order chi connectivity index (χ0) is 21.8. The molecular formula is C23H26N2O5. The smallest absolute Gasteiger partial charge is 0.338 e. The summed E-state index contributed by atoms with van der Waals surface area (Å²) in [6, 6.07) is 15.8. The van der Waals surface area contributed by atoms with Crippen molar-refractivity contribution in [1.29, 1.82) is 5.26 Å². The van der Waals surface area contributed by atoms with E-state index >= 15 is 0 Å². The number of carbonyl (C=O) groups excluding carboxylic acids is 2. The largest absolute Gasteiger partial charge is 0.490 e. The molecule has 0 heterocycles. The number of hydrogen-bond acceptors (Lipinski definition) is 6. The van der Waals surface area contributed by atoms with Gasteiger partial charge < -0.3 is 19.1 Å². The Morgan fingerprint density at radius 1 is 1.03 bits per heavy atom. The first-order valence-corrected chi connectivity index (χ1v) is 9.89. The molecule has 2 rings (SSSR count). The molecule has 0 spiro atoms. The molecule has 0 aliphatic heterocycles. The molecule has 158 valence electrons. The quantitative estimate of drug-likeness (QED) is 0.521. The maximum atomic E-state index is 12.6. The van der Waals surface area contributed by atoms with E-state index in [-0.39, 0.29) is 18.5 Å². The molecule has 2 aromatic rings. The Hall–Kier alpha value is -3.53. The van der Waals surface area contributed by atoms with E-state index in [9.17, 15) is 9.59 Å². The van der Waals surface area contributed by atoms with Gasteiger partial charge in [-0.15, -0.1) is 0 Å². The lowest BCUT2D eigenvalue weighted by Gasteiger charge is -2.21. The summed E-state index contributed by atoms with van der Waals surface area (Å²) in [6.07, 6.45) is 1.02. The second-order valence-corrected chi connectivity index (χ2v) is 6.31. The third-order valence-corrected chi connectivity index (χ3v) is 4.08. The molecule has 0 saturated carbocycles. The lowest BCUT2D eigenvalue weighted by molar-refractivity contribution is -0.121. The number of carbonyl (C=O) groups is 2. The molecule has 0 unspecified atom stereocenters. The summed E-state index contributed by atoms with van der Waals surface area (Å²) in [5.41, 5.74) is 0.906. The fraction of sp³-hybridized carbons (Fsp3) is 0.348. The van der Waals surface area contributed by atoms with Crippen molar-refractivity contribution in [2.75, 3.05) is 31.3 Å². The maximum absolute atomic E-state index is 12.6. The Bertz CT molecular complexity index is 877. The Labute approximate surface area is 176 Å². The summed E-state index contributed by atoms with van der Waals surface area (Å²) in [4.78, 5) is 26.5. The van der Waals surface area contributed by atoms with Gasteiger partial charge in [0.05, 0.1) is 31.3 Å². The van der Waals surface area contributed by atoms with Crippen LogP contribution in [0.5, 0.6) is 11.5 Å². The molecule has 0 aliphatic rings. The topological polar surface area (TPSA) is 88.9 Å². The van der Waals surface area contributed by atoms with E-state index in [4.69, 9.17) is 19.5 Å². The van der Waals surface area contributed by atoms with Crippen molar-refractivity contribution < 1.29 is 23.8 Å². The third-order valence-electron chi connectivity index (χ3n) is 4.08. The fourth-order valence-corrected chi connectivity index (χ4v) is 2.69. The van der Waals surface area contributed by atoms with E-state index in [1.165, 1.54) is 4.90 Å². The number of amides is 1. The van der Waals surface area contributed by atoms with E-state index in [1.54, 1.807) is 42.5 Å². The normalized spacial score (nSPS) is 10.0. The first-order valence-electron chi connectivity index (χ1n) is 9.89. The molecule has 0 radical (unpaired) electrons. The number of anilines is 1. The van der Waals surface area contributed by atoms with Crippen LogP contribution in [0.2, 0.25) is 0 Å². The maximum Gasteiger partial charge on any atom is 0.338 e. The molecule has 0 atom stereocenters. The Morgan fingerprint density at radius 3 is 2.47 bits per heavy atom. The van der Waals surface area contributed by atoms with E-state index in [0.717, 1.165) is 6.42 Å². The summed E-state index contributed by atoms with van der Waals surface area (Å²) in [5, 5.41) is 8.86. The first kappa shape index (κ1) is 22.8. The van der Waals surface area contributed by atoms with Gasteiger partial charge in [0, 0.05) is 12.2 Å². The highest BCUT2D eigenvalue weighted by atomic mass is 16.5. The van der Waals surface area contributed by atoms with Crippen molar-refractivity contribution in [2.45, 2.75) is 26.7 Å². The van der Waals surface area contributed by atoms with Crippen LogP contribution in [-0.2, 0) is 9.53 Å². The summed E-state index contributed by atoms with van der Waals surface area (Å²) < 4.78 is 16.4. The number of ether oxygens (including phenoxy) is 3.